The first-order chi connectivity index (χ1) is 13.1. The molecule has 1 aliphatic rings. The monoisotopic (exact) mass is 367 g/mol. The fourth-order valence-corrected chi connectivity index (χ4v) is 3.83. The van der Waals surface area contributed by atoms with Crippen molar-refractivity contribution in [3.63, 3.8) is 0 Å². The smallest absolute Gasteiger partial charge is 0.308 e. The Morgan fingerprint density at radius 1 is 1.15 bits per heavy atom. The summed E-state index contributed by atoms with van der Waals surface area (Å²) in [4.78, 5) is 11.6. The van der Waals surface area contributed by atoms with Gasteiger partial charge < -0.3 is 14.8 Å². The Bertz CT molecular complexity index is 770. The lowest BCUT2D eigenvalue weighted by molar-refractivity contribution is -0.144. The van der Waals surface area contributed by atoms with E-state index < -0.39 is 0 Å². The van der Waals surface area contributed by atoms with E-state index in [4.69, 9.17) is 9.47 Å². The van der Waals surface area contributed by atoms with Crippen LogP contribution in [-0.4, -0.2) is 26.7 Å². The number of hydrogen-bond acceptors (Lipinski definition) is 4. The number of nitrogens with one attached hydrogen (secondary N) is 1. The summed E-state index contributed by atoms with van der Waals surface area (Å²) in [6.07, 6.45) is 3.96. The van der Waals surface area contributed by atoms with Gasteiger partial charge in [-0.3, -0.25) is 4.79 Å². The van der Waals surface area contributed by atoms with Gasteiger partial charge in [0.25, 0.3) is 0 Å². The lowest BCUT2D eigenvalue weighted by atomic mass is 9.97. The summed E-state index contributed by atoms with van der Waals surface area (Å²) in [7, 11) is 3.14. The fourth-order valence-electron chi connectivity index (χ4n) is 3.83. The zero-order valence-corrected chi connectivity index (χ0v) is 16.5. The summed E-state index contributed by atoms with van der Waals surface area (Å²) in [6.45, 7) is 2.88. The first kappa shape index (κ1) is 19.4. The van der Waals surface area contributed by atoms with E-state index in [0.717, 1.165) is 38.0 Å². The first-order valence-electron chi connectivity index (χ1n) is 9.66. The van der Waals surface area contributed by atoms with Crippen molar-refractivity contribution in [3.05, 3.63) is 64.7 Å². The van der Waals surface area contributed by atoms with Crippen molar-refractivity contribution in [2.75, 3.05) is 20.8 Å². The molecule has 0 radical (unpaired) electrons. The van der Waals surface area contributed by atoms with Crippen molar-refractivity contribution >= 4 is 5.97 Å². The minimum atomic E-state index is -0.145. The zero-order valence-electron chi connectivity index (χ0n) is 16.5. The summed E-state index contributed by atoms with van der Waals surface area (Å²) < 4.78 is 10.0. The van der Waals surface area contributed by atoms with Crippen LogP contribution in [0.4, 0.5) is 0 Å². The van der Waals surface area contributed by atoms with Crippen LogP contribution >= 0.6 is 0 Å². The minimum absolute atomic E-state index is 0.104. The molecule has 0 aliphatic heterocycles. The van der Waals surface area contributed by atoms with Crippen LogP contribution in [0.5, 0.6) is 5.75 Å². The predicted molar refractivity (Wildman–Crippen MR) is 107 cm³/mol. The normalized spacial score (nSPS) is 16.6. The van der Waals surface area contributed by atoms with Gasteiger partial charge in [-0.2, -0.15) is 0 Å². The van der Waals surface area contributed by atoms with Gasteiger partial charge in [0.15, 0.2) is 0 Å². The molecule has 4 heteroatoms. The number of hydrogen-bond donors (Lipinski definition) is 1. The fraction of sp³-hybridized carbons (Fsp3) is 0.435. The molecule has 0 saturated carbocycles. The Kier molecular flexibility index (Phi) is 6.51. The van der Waals surface area contributed by atoms with Crippen molar-refractivity contribution in [2.45, 2.75) is 38.6 Å². The molecule has 0 heterocycles. The highest BCUT2D eigenvalue weighted by Gasteiger charge is 2.23. The third-order valence-electron chi connectivity index (χ3n) is 5.39. The van der Waals surface area contributed by atoms with Crippen molar-refractivity contribution in [2.24, 2.45) is 5.92 Å². The number of esters is 1. The van der Waals surface area contributed by atoms with Crippen LogP contribution in [0, 0.1) is 5.92 Å². The molecule has 2 unspecified atom stereocenters. The Morgan fingerprint density at radius 2 is 1.89 bits per heavy atom. The van der Waals surface area contributed by atoms with Crippen LogP contribution in [0.3, 0.4) is 0 Å². The summed E-state index contributed by atoms with van der Waals surface area (Å²) in [6, 6.07) is 15.3. The number of rotatable bonds is 8. The summed E-state index contributed by atoms with van der Waals surface area (Å²) >= 11 is 0. The number of carbonyl (C=O) groups excluding carboxylic acids is 1. The van der Waals surface area contributed by atoms with Crippen molar-refractivity contribution in [3.8, 4) is 5.75 Å². The van der Waals surface area contributed by atoms with Crippen LogP contribution in [0.25, 0.3) is 0 Å². The van der Waals surface area contributed by atoms with Crippen molar-refractivity contribution < 1.29 is 14.3 Å². The van der Waals surface area contributed by atoms with Gasteiger partial charge in [0.2, 0.25) is 0 Å². The highest BCUT2D eigenvalue weighted by molar-refractivity contribution is 5.72. The largest absolute Gasteiger partial charge is 0.497 e. The van der Waals surface area contributed by atoms with E-state index in [1.54, 1.807) is 7.11 Å². The summed E-state index contributed by atoms with van der Waals surface area (Å²) in [5.41, 5.74) is 5.34. The topological polar surface area (TPSA) is 47.6 Å². The van der Waals surface area contributed by atoms with Gasteiger partial charge in [0.1, 0.15) is 5.75 Å². The summed E-state index contributed by atoms with van der Waals surface area (Å²) in [5, 5.41) is 3.70. The molecule has 2 aromatic carbocycles. The van der Waals surface area contributed by atoms with Crippen LogP contribution in [0.2, 0.25) is 0 Å². The number of fused-ring (bicyclic) bond motifs is 1. The average Bonchev–Trinajstić information content (AvgIpc) is 3.10. The molecule has 3 rings (SSSR count). The highest BCUT2D eigenvalue weighted by atomic mass is 16.5. The number of benzene rings is 2. The third-order valence-corrected chi connectivity index (χ3v) is 5.39. The number of ether oxygens (including phenoxy) is 2. The number of carbonyl (C=O) groups is 1. The second kappa shape index (κ2) is 9.05. The predicted octanol–water partition coefficient (Wildman–Crippen LogP) is 3.87. The molecule has 1 aliphatic carbocycles. The van der Waals surface area contributed by atoms with Gasteiger partial charge in [-0.1, -0.05) is 37.3 Å². The Morgan fingerprint density at radius 3 is 2.59 bits per heavy atom. The van der Waals surface area contributed by atoms with E-state index in [-0.39, 0.29) is 11.9 Å². The maximum absolute atomic E-state index is 11.6. The molecular weight excluding hydrogens is 338 g/mol. The van der Waals surface area contributed by atoms with Gasteiger partial charge in [-0.15, -0.1) is 0 Å². The van der Waals surface area contributed by atoms with Gasteiger partial charge in [-0.25, -0.2) is 0 Å². The maximum Gasteiger partial charge on any atom is 0.308 e. The quantitative estimate of drug-likeness (QED) is 0.720. The third kappa shape index (κ3) is 4.89. The molecule has 0 fully saturated rings. The van der Waals surface area contributed by atoms with E-state index in [0.29, 0.717) is 6.04 Å². The van der Waals surface area contributed by atoms with Crippen LogP contribution in [0.15, 0.2) is 42.5 Å². The lowest BCUT2D eigenvalue weighted by Gasteiger charge is -2.15. The number of aryl methyl sites for hydroxylation is 1. The lowest BCUT2D eigenvalue weighted by Crippen LogP contribution is -2.22. The summed E-state index contributed by atoms with van der Waals surface area (Å²) in [5.74, 6) is 0.648. The van der Waals surface area contributed by atoms with Gasteiger partial charge >= 0.3 is 5.97 Å². The van der Waals surface area contributed by atoms with Crippen LogP contribution in [-0.2, 0) is 28.8 Å². The van der Waals surface area contributed by atoms with E-state index >= 15 is 0 Å². The van der Waals surface area contributed by atoms with E-state index in [9.17, 15) is 4.79 Å². The average molecular weight is 367 g/mol. The SMILES string of the molecule is COC(=O)C(C)Cc1ccc2c(c1)CCC2NCCc1ccc(OC)cc1. The molecule has 4 nitrogen and oxygen atoms in total. The number of methoxy groups -OCH3 is 2. The molecule has 0 saturated heterocycles. The molecular formula is C23H29NO3. The molecule has 27 heavy (non-hydrogen) atoms. The second-order valence-corrected chi connectivity index (χ2v) is 7.30. The molecule has 0 spiro atoms. The van der Waals surface area contributed by atoms with Crippen molar-refractivity contribution in [1.29, 1.82) is 0 Å². The Hall–Kier alpha value is -2.33. The molecule has 1 N–H and O–H groups in total. The standard InChI is InChI=1S/C23H29NO3/c1-16(23(25)27-3)14-18-6-10-21-19(15-18)7-11-22(21)24-13-12-17-4-8-20(26-2)9-5-17/h4-6,8-10,15-16,22,24H,7,11-14H2,1-3H3. The van der Waals surface area contributed by atoms with Crippen LogP contribution < -0.4 is 10.1 Å². The second-order valence-electron chi connectivity index (χ2n) is 7.30. The maximum atomic E-state index is 11.6. The van der Waals surface area contributed by atoms with E-state index in [2.05, 4.69) is 35.6 Å². The van der Waals surface area contributed by atoms with Crippen LogP contribution in [0.1, 0.15) is 41.6 Å². The van der Waals surface area contributed by atoms with Crippen molar-refractivity contribution in [1.82, 2.24) is 5.32 Å². The molecule has 2 atom stereocenters. The highest BCUT2D eigenvalue weighted by Crippen LogP contribution is 2.32. The van der Waals surface area contributed by atoms with Gasteiger partial charge in [-0.05, 0) is 66.6 Å². The Labute approximate surface area is 161 Å². The first-order valence-corrected chi connectivity index (χ1v) is 9.66. The zero-order chi connectivity index (χ0) is 19.2. The van der Waals surface area contributed by atoms with E-state index in [1.807, 2.05) is 19.1 Å². The molecule has 0 amide bonds. The Balaban J connectivity index is 1.54. The van der Waals surface area contributed by atoms with Gasteiger partial charge in [0, 0.05) is 6.04 Å². The molecule has 0 bridgehead atoms. The molecule has 2 aromatic rings. The van der Waals surface area contributed by atoms with Gasteiger partial charge in [0.05, 0.1) is 20.1 Å². The molecule has 144 valence electrons. The minimum Gasteiger partial charge on any atom is -0.497 e. The van der Waals surface area contributed by atoms with E-state index in [1.165, 1.54) is 29.4 Å². The molecule has 0 aromatic heterocycles.